The summed E-state index contributed by atoms with van der Waals surface area (Å²) < 4.78 is 52.2. The van der Waals surface area contributed by atoms with Crippen LogP contribution in [0.1, 0.15) is 19.8 Å². The standard InChI is InChI=1S/C14H22N2O4S2/c1-2-13-21(17,18)15-9-6-10-16(12-11-15)22(19,20)14-7-4-3-5-8-14/h3-5,7-8H,2,6,9-13H2,1H3. The molecular formula is C14H22N2O4S2. The molecule has 0 N–H and O–H groups in total. The van der Waals surface area contributed by atoms with Crippen LogP contribution in [0.4, 0.5) is 0 Å². The van der Waals surface area contributed by atoms with Crippen LogP contribution in [0.25, 0.3) is 0 Å². The van der Waals surface area contributed by atoms with Gasteiger partial charge in [-0.05, 0) is 25.0 Å². The highest BCUT2D eigenvalue weighted by Gasteiger charge is 2.30. The molecule has 6 nitrogen and oxygen atoms in total. The molecule has 1 aromatic carbocycles. The van der Waals surface area contributed by atoms with Gasteiger partial charge in [0.05, 0.1) is 10.6 Å². The van der Waals surface area contributed by atoms with Crippen LogP contribution in [0.2, 0.25) is 0 Å². The average Bonchev–Trinajstić information content (AvgIpc) is 2.75. The maximum atomic E-state index is 12.6. The number of rotatable bonds is 5. The normalized spacial score (nSPS) is 19.0. The van der Waals surface area contributed by atoms with Crippen LogP contribution in [0.15, 0.2) is 35.2 Å². The van der Waals surface area contributed by atoms with E-state index in [1.807, 2.05) is 6.92 Å². The van der Waals surface area contributed by atoms with E-state index in [1.54, 1.807) is 30.3 Å². The predicted octanol–water partition coefficient (Wildman–Crippen LogP) is 1.12. The van der Waals surface area contributed by atoms with Gasteiger partial charge in [0.1, 0.15) is 0 Å². The summed E-state index contributed by atoms with van der Waals surface area (Å²) in [6.07, 6.45) is 1.07. The van der Waals surface area contributed by atoms with Crippen LogP contribution < -0.4 is 0 Å². The van der Waals surface area contributed by atoms with Gasteiger partial charge in [-0.3, -0.25) is 0 Å². The molecule has 0 amide bonds. The van der Waals surface area contributed by atoms with Crippen LogP contribution in [-0.2, 0) is 20.0 Å². The molecule has 0 bridgehead atoms. The molecule has 2 rings (SSSR count). The topological polar surface area (TPSA) is 74.8 Å². The van der Waals surface area contributed by atoms with Gasteiger partial charge in [0.25, 0.3) is 0 Å². The second-order valence-corrected chi connectivity index (χ2v) is 9.31. The van der Waals surface area contributed by atoms with Gasteiger partial charge in [-0.1, -0.05) is 25.1 Å². The van der Waals surface area contributed by atoms with Crippen molar-refractivity contribution in [3.63, 3.8) is 0 Å². The fourth-order valence-corrected chi connectivity index (χ4v) is 5.55. The lowest BCUT2D eigenvalue weighted by Gasteiger charge is -2.21. The van der Waals surface area contributed by atoms with Gasteiger partial charge >= 0.3 is 0 Å². The first-order valence-electron chi connectivity index (χ1n) is 7.41. The molecule has 1 fully saturated rings. The average molecular weight is 346 g/mol. The van der Waals surface area contributed by atoms with Crippen molar-refractivity contribution in [3.05, 3.63) is 30.3 Å². The van der Waals surface area contributed by atoms with Crippen molar-refractivity contribution in [1.82, 2.24) is 8.61 Å². The summed E-state index contributed by atoms with van der Waals surface area (Å²) in [5.41, 5.74) is 0. The van der Waals surface area contributed by atoms with Crippen molar-refractivity contribution in [1.29, 1.82) is 0 Å². The quantitative estimate of drug-likeness (QED) is 0.801. The molecule has 22 heavy (non-hydrogen) atoms. The molecule has 0 unspecified atom stereocenters. The van der Waals surface area contributed by atoms with E-state index >= 15 is 0 Å². The molecule has 0 spiro atoms. The third-order valence-corrected chi connectivity index (χ3v) is 7.64. The smallest absolute Gasteiger partial charge is 0.212 e. The molecule has 0 aromatic heterocycles. The van der Waals surface area contributed by atoms with E-state index in [9.17, 15) is 16.8 Å². The fourth-order valence-electron chi connectivity index (χ4n) is 2.52. The Bertz CT molecular complexity index is 687. The number of hydrogen-bond acceptors (Lipinski definition) is 4. The summed E-state index contributed by atoms with van der Waals surface area (Å²) >= 11 is 0. The first kappa shape index (κ1) is 17.4. The lowest BCUT2D eigenvalue weighted by Crippen LogP contribution is -2.38. The maximum Gasteiger partial charge on any atom is 0.243 e. The van der Waals surface area contributed by atoms with Crippen molar-refractivity contribution in [2.45, 2.75) is 24.7 Å². The summed E-state index contributed by atoms with van der Waals surface area (Å²) in [5, 5.41) is 0. The van der Waals surface area contributed by atoms with Crippen molar-refractivity contribution in [3.8, 4) is 0 Å². The Kier molecular flexibility index (Phi) is 5.60. The van der Waals surface area contributed by atoms with Gasteiger partial charge in [-0.15, -0.1) is 0 Å². The third-order valence-electron chi connectivity index (χ3n) is 3.65. The zero-order valence-corrected chi connectivity index (χ0v) is 14.3. The van der Waals surface area contributed by atoms with Crippen molar-refractivity contribution >= 4 is 20.0 Å². The highest BCUT2D eigenvalue weighted by molar-refractivity contribution is 7.89. The highest BCUT2D eigenvalue weighted by Crippen LogP contribution is 2.18. The fraction of sp³-hybridized carbons (Fsp3) is 0.571. The summed E-state index contributed by atoms with van der Waals surface area (Å²) in [4.78, 5) is 0.250. The van der Waals surface area contributed by atoms with Crippen LogP contribution in [0.5, 0.6) is 0 Å². The number of sulfonamides is 2. The molecule has 1 saturated heterocycles. The van der Waals surface area contributed by atoms with Crippen molar-refractivity contribution < 1.29 is 16.8 Å². The van der Waals surface area contributed by atoms with E-state index in [1.165, 1.54) is 8.61 Å². The van der Waals surface area contributed by atoms with E-state index < -0.39 is 20.0 Å². The van der Waals surface area contributed by atoms with Gasteiger partial charge in [-0.25, -0.2) is 21.1 Å². The number of hydrogen-bond donors (Lipinski definition) is 0. The minimum absolute atomic E-state index is 0.110. The minimum Gasteiger partial charge on any atom is -0.212 e. The third kappa shape index (κ3) is 3.87. The first-order chi connectivity index (χ1) is 10.4. The molecular weight excluding hydrogens is 324 g/mol. The Labute approximate surface area is 132 Å². The molecule has 0 saturated carbocycles. The van der Waals surface area contributed by atoms with Crippen molar-refractivity contribution in [2.75, 3.05) is 31.9 Å². The molecule has 0 radical (unpaired) electrons. The monoisotopic (exact) mass is 346 g/mol. The van der Waals surface area contributed by atoms with Crippen LogP contribution in [0.3, 0.4) is 0 Å². The second kappa shape index (κ2) is 7.08. The van der Waals surface area contributed by atoms with Crippen LogP contribution in [-0.4, -0.2) is 57.4 Å². The molecule has 124 valence electrons. The first-order valence-corrected chi connectivity index (χ1v) is 10.5. The summed E-state index contributed by atoms with van der Waals surface area (Å²) in [5.74, 6) is 0.110. The van der Waals surface area contributed by atoms with Crippen LogP contribution in [0, 0.1) is 0 Å². The Morgan fingerprint density at radius 2 is 1.50 bits per heavy atom. The van der Waals surface area contributed by atoms with Gasteiger partial charge < -0.3 is 0 Å². The largest absolute Gasteiger partial charge is 0.243 e. The Balaban J connectivity index is 2.14. The molecule has 0 aliphatic carbocycles. The van der Waals surface area contributed by atoms with E-state index in [0.29, 0.717) is 25.9 Å². The Hall–Kier alpha value is -0.960. The van der Waals surface area contributed by atoms with E-state index in [0.717, 1.165) is 0 Å². The van der Waals surface area contributed by atoms with E-state index in [-0.39, 0.29) is 23.7 Å². The number of nitrogens with zero attached hydrogens (tertiary/aromatic N) is 2. The van der Waals surface area contributed by atoms with Gasteiger partial charge in [0, 0.05) is 26.2 Å². The summed E-state index contributed by atoms with van der Waals surface area (Å²) in [6.45, 7) is 2.95. The zero-order chi connectivity index (χ0) is 16.2. The lowest BCUT2D eigenvalue weighted by molar-refractivity contribution is 0.404. The van der Waals surface area contributed by atoms with Gasteiger partial charge in [-0.2, -0.15) is 4.31 Å². The number of benzene rings is 1. The molecule has 1 aromatic rings. The van der Waals surface area contributed by atoms with E-state index in [2.05, 4.69) is 0 Å². The maximum absolute atomic E-state index is 12.6. The molecule has 1 aliphatic heterocycles. The van der Waals surface area contributed by atoms with E-state index in [4.69, 9.17) is 0 Å². The molecule has 1 aliphatic rings. The van der Waals surface area contributed by atoms with Crippen LogP contribution >= 0.6 is 0 Å². The highest BCUT2D eigenvalue weighted by atomic mass is 32.2. The molecule has 8 heteroatoms. The van der Waals surface area contributed by atoms with Gasteiger partial charge in [0.15, 0.2) is 0 Å². The second-order valence-electron chi connectivity index (χ2n) is 5.29. The van der Waals surface area contributed by atoms with Crippen molar-refractivity contribution in [2.24, 2.45) is 0 Å². The predicted molar refractivity (Wildman–Crippen MR) is 85.5 cm³/mol. The Morgan fingerprint density at radius 3 is 2.14 bits per heavy atom. The SMILES string of the molecule is CCCS(=O)(=O)N1CCCN(S(=O)(=O)c2ccccc2)CC1. The molecule has 0 atom stereocenters. The van der Waals surface area contributed by atoms with Gasteiger partial charge in [0.2, 0.25) is 20.0 Å². The summed E-state index contributed by atoms with van der Waals surface area (Å²) in [7, 11) is -6.83. The minimum atomic E-state index is -3.55. The lowest BCUT2D eigenvalue weighted by atomic mass is 10.4. The Morgan fingerprint density at radius 1 is 0.909 bits per heavy atom. The summed E-state index contributed by atoms with van der Waals surface area (Å²) in [6, 6.07) is 8.25. The molecule has 1 heterocycles. The zero-order valence-electron chi connectivity index (χ0n) is 12.7.